The zero-order valence-corrected chi connectivity index (χ0v) is 11.4. The number of nitrogens with one attached hydrogen (secondary N) is 2. The summed E-state index contributed by atoms with van der Waals surface area (Å²) in [5.41, 5.74) is 2.58. The second-order valence-electron chi connectivity index (χ2n) is 4.37. The Bertz CT molecular complexity index is 635. The Labute approximate surface area is 118 Å². The van der Waals surface area contributed by atoms with E-state index in [1.807, 2.05) is 12.3 Å². The second kappa shape index (κ2) is 5.56. The van der Waals surface area contributed by atoms with E-state index >= 15 is 0 Å². The number of hydrogen-bond donors (Lipinski definition) is 3. The number of hydrazine groups is 1. The first-order valence-corrected chi connectivity index (χ1v) is 5.95. The fraction of sp³-hybridized carbons (Fsp3) is 0.364. The topological polar surface area (TPSA) is 93.7 Å². The van der Waals surface area contributed by atoms with E-state index in [-0.39, 0.29) is 18.3 Å². The Morgan fingerprint density at radius 2 is 2.05 bits per heavy atom. The summed E-state index contributed by atoms with van der Waals surface area (Å²) in [4.78, 5) is 7.10. The van der Waals surface area contributed by atoms with Gasteiger partial charge in [0.25, 0.3) is 0 Å². The van der Waals surface area contributed by atoms with Crippen molar-refractivity contribution in [2.75, 3.05) is 10.7 Å². The van der Waals surface area contributed by atoms with Crippen LogP contribution in [-0.2, 0) is 19.8 Å². The molecule has 0 atom stereocenters. The number of aromatic nitrogens is 4. The van der Waals surface area contributed by atoms with Gasteiger partial charge in [0, 0.05) is 31.4 Å². The lowest BCUT2D eigenvalue weighted by atomic mass is 10.2. The van der Waals surface area contributed by atoms with Gasteiger partial charge in [0.05, 0.1) is 5.69 Å². The van der Waals surface area contributed by atoms with E-state index < -0.39 is 11.9 Å². The van der Waals surface area contributed by atoms with Gasteiger partial charge in [-0.15, -0.1) is 0 Å². The Balaban J connectivity index is 2.21. The molecule has 2 heterocycles. The highest BCUT2D eigenvalue weighted by atomic mass is 19.4. The molecule has 0 aliphatic heterocycles. The Morgan fingerprint density at radius 1 is 1.33 bits per heavy atom. The standard InChI is InChI=1S/C11H14F3N7/c1-6-7(5-21(2)20-6)4-16-9-3-8(11(12,13)14)17-10(18-9)19-15/h3,5H,4,15H2,1-2H3,(H2,16,17,18,19). The Kier molecular flexibility index (Phi) is 3.98. The molecule has 10 heteroatoms. The quantitative estimate of drug-likeness (QED) is 0.584. The Morgan fingerprint density at radius 3 is 2.57 bits per heavy atom. The number of anilines is 2. The summed E-state index contributed by atoms with van der Waals surface area (Å²) < 4.78 is 39.8. The molecule has 7 nitrogen and oxygen atoms in total. The van der Waals surface area contributed by atoms with E-state index in [1.165, 1.54) is 0 Å². The van der Waals surface area contributed by atoms with Gasteiger partial charge in [-0.3, -0.25) is 10.1 Å². The molecule has 0 amide bonds. The average molecular weight is 301 g/mol. The van der Waals surface area contributed by atoms with Crippen LogP contribution < -0.4 is 16.6 Å². The second-order valence-corrected chi connectivity index (χ2v) is 4.37. The predicted octanol–water partition coefficient (Wildman–Crippen LogP) is 1.44. The number of nitrogen functional groups attached to an aromatic ring is 1. The van der Waals surface area contributed by atoms with Crippen LogP contribution in [0.1, 0.15) is 17.0 Å². The fourth-order valence-electron chi connectivity index (χ4n) is 1.76. The van der Waals surface area contributed by atoms with Crippen LogP contribution in [0.5, 0.6) is 0 Å². The number of rotatable bonds is 4. The predicted molar refractivity (Wildman–Crippen MR) is 70.1 cm³/mol. The summed E-state index contributed by atoms with van der Waals surface area (Å²) in [6.45, 7) is 2.10. The minimum atomic E-state index is -4.57. The minimum Gasteiger partial charge on any atom is -0.366 e. The van der Waals surface area contributed by atoms with Gasteiger partial charge < -0.3 is 5.32 Å². The molecular weight excluding hydrogens is 287 g/mol. The van der Waals surface area contributed by atoms with Crippen molar-refractivity contribution in [3.63, 3.8) is 0 Å². The van der Waals surface area contributed by atoms with Crippen molar-refractivity contribution in [3.05, 3.63) is 29.2 Å². The van der Waals surface area contributed by atoms with E-state index in [2.05, 4.69) is 20.4 Å². The number of nitrogens with two attached hydrogens (primary N) is 1. The summed E-state index contributed by atoms with van der Waals surface area (Å²) in [5, 5.41) is 6.95. The Hall–Kier alpha value is -2.36. The van der Waals surface area contributed by atoms with Gasteiger partial charge in [0.2, 0.25) is 5.95 Å². The maximum Gasteiger partial charge on any atom is 0.433 e. The van der Waals surface area contributed by atoms with Crippen molar-refractivity contribution in [1.29, 1.82) is 0 Å². The highest BCUT2D eigenvalue weighted by Gasteiger charge is 2.33. The number of nitrogens with zero attached hydrogens (tertiary/aromatic N) is 4. The molecular formula is C11H14F3N7. The van der Waals surface area contributed by atoms with Gasteiger partial charge in [-0.05, 0) is 6.92 Å². The van der Waals surface area contributed by atoms with Gasteiger partial charge in [-0.25, -0.2) is 10.8 Å². The smallest absolute Gasteiger partial charge is 0.366 e. The number of halogens is 3. The van der Waals surface area contributed by atoms with Crippen LogP contribution in [0.3, 0.4) is 0 Å². The van der Waals surface area contributed by atoms with Crippen LogP contribution in [-0.4, -0.2) is 19.7 Å². The van der Waals surface area contributed by atoms with Gasteiger partial charge in [-0.1, -0.05) is 0 Å². The van der Waals surface area contributed by atoms with Gasteiger partial charge >= 0.3 is 6.18 Å². The fourth-order valence-corrected chi connectivity index (χ4v) is 1.76. The summed E-state index contributed by atoms with van der Waals surface area (Å²) in [7, 11) is 1.76. The molecule has 2 rings (SSSR count). The van der Waals surface area contributed by atoms with E-state index in [4.69, 9.17) is 5.84 Å². The third-order valence-electron chi connectivity index (χ3n) is 2.72. The number of alkyl halides is 3. The first kappa shape index (κ1) is 15.0. The van der Waals surface area contributed by atoms with Crippen LogP contribution in [0, 0.1) is 6.92 Å². The lowest BCUT2D eigenvalue weighted by Gasteiger charge is -2.11. The molecule has 0 aliphatic rings. The molecule has 0 aromatic carbocycles. The lowest BCUT2D eigenvalue weighted by molar-refractivity contribution is -0.141. The SMILES string of the molecule is Cc1nn(C)cc1CNc1cc(C(F)(F)F)nc(NN)n1. The van der Waals surface area contributed by atoms with E-state index in [9.17, 15) is 13.2 Å². The molecule has 0 bridgehead atoms. The molecule has 0 spiro atoms. The van der Waals surface area contributed by atoms with Crippen molar-refractivity contribution in [3.8, 4) is 0 Å². The largest absolute Gasteiger partial charge is 0.433 e. The molecule has 0 saturated heterocycles. The van der Waals surface area contributed by atoms with Crippen LogP contribution in [0.4, 0.5) is 24.9 Å². The van der Waals surface area contributed by atoms with Gasteiger partial charge in [-0.2, -0.15) is 23.3 Å². The lowest BCUT2D eigenvalue weighted by Crippen LogP contribution is -2.16. The molecule has 21 heavy (non-hydrogen) atoms. The van der Waals surface area contributed by atoms with Crippen LogP contribution in [0.2, 0.25) is 0 Å². The van der Waals surface area contributed by atoms with Crippen LogP contribution >= 0.6 is 0 Å². The number of hydrogen-bond acceptors (Lipinski definition) is 6. The molecule has 0 saturated carbocycles. The summed E-state index contributed by atoms with van der Waals surface area (Å²) in [5.74, 6) is 4.79. The van der Waals surface area contributed by atoms with Crippen LogP contribution in [0.15, 0.2) is 12.3 Å². The van der Waals surface area contributed by atoms with Crippen molar-refractivity contribution in [2.45, 2.75) is 19.6 Å². The van der Waals surface area contributed by atoms with Gasteiger partial charge in [0.15, 0.2) is 5.69 Å². The zero-order valence-electron chi connectivity index (χ0n) is 11.4. The third-order valence-corrected chi connectivity index (χ3v) is 2.72. The average Bonchev–Trinajstić information content (AvgIpc) is 2.73. The summed E-state index contributed by atoms with van der Waals surface area (Å²) in [6, 6.07) is 0.826. The van der Waals surface area contributed by atoms with E-state index in [0.717, 1.165) is 17.3 Å². The normalized spacial score (nSPS) is 11.5. The molecule has 4 N–H and O–H groups in total. The monoisotopic (exact) mass is 301 g/mol. The molecule has 2 aromatic heterocycles. The van der Waals surface area contributed by atoms with E-state index in [1.54, 1.807) is 17.9 Å². The summed E-state index contributed by atoms with van der Waals surface area (Å²) >= 11 is 0. The molecule has 0 radical (unpaired) electrons. The van der Waals surface area contributed by atoms with Gasteiger partial charge in [0.1, 0.15) is 5.82 Å². The summed E-state index contributed by atoms with van der Waals surface area (Å²) in [6.07, 6.45) is -2.80. The van der Waals surface area contributed by atoms with E-state index in [0.29, 0.717) is 0 Å². The molecule has 2 aromatic rings. The number of aryl methyl sites for hydroxylation is 2. The highest BCUT2D eigenvalue weighted by Crippen LogP contribution is 2.29. The zero-order chi connectivity index (χ0) is 15.6. The van der Waals surface area contributed by atoms with Crippen molar-refractivity contribution < 1.29 is 13.2 Å². The maximum atomic E-state index is 12.7. The molecule has 0 unspecified atom stereocenters. The van der Waals surface area contributed by atoms with Crippen molar-refractivity contribution in [1.82, 2.24) is 19.7 Å². The first-order valence-electron chi connectivity index (χ1n) is 5.95. The highest BCUT2D eigenvalue weighted by molar-refractivity contribution is 5.43. The maximum absolute atomic E-state index is 12.7. The molecule has 0 aliphatic carbocycles. The van der Waals surface area contributed by atoms with Crippen molar-refractivity contribution >= 4 is 11.8 Å². The third kappa shape index (κ3) is 3.60. The minimum absolute atomic E-state index is 0.0218. The molecule has 0 fully saturated rings. The molecule has 114 valence electrons. The van der Waals surface area contributed by atoms with Crippen LogP contribution in [0.25, 0.3) is 0 Å². The first-order chi connectivity index (χ1) is 9.79. The van der Waals surface area contributed by atoms with Crippen molar-refractivity contribution in [2.24, 2.45) is 12.9 Å².